The third kappa shape index (κ3) is 5.39. The lowest BCUT2D eigenvalue weighted by Gasteiger charge is -2.32. The summed E-state index contributed by atoms with van der Waals surface area (Å²) >= 11 is 0. The normalized spacial score (nSPS) is 17.1. The van der Waals surface area contributed by atoms with Gasteiger partial charge in [-0.2, -0.15) is 0 Å². The summed E-state index contributed by atoms with van der Waals surface area (Å²) in [6, 6.07) is 15.2. The van der Waals surface area contributed by atoms with Crippen molar-refractivity contribution in [1.29, 1.82) is 0 Å². The molecule has 6 heteroatoms. The fraction of sp³-hybridized carbons (Fsp3) is 0.333. The van der Waals surface area contributed by atoms with E-state index >= 15 is 0 Å². The molecule has 0 aromatic heterocycles. The molecule has 0 radical (unpaired) electrons. The molecule has 0 bridgehead atoms. The number of hydrogen-bond acceptors (Lipinski definition) is 4. The SMILES string of the molecule is Cc1cc(C)cc(COCN2CC(NCc3ccccc3)C(=O)NC2=O)c1. The maximum atomic E-state index is 12.1. The van der Waals surface area contributed by atoms with Gasteiger partial charge in [-0.1, -0.05) is 59.7 Å². The Morgan fingerprint density at radius 1 is 1.07 bits per heavy atom. The van der Waals surface area contributed by atoms with Crippen molar-refractivity contribution in [2.75, 3.05) is 13.3 Å². The van der Waals surface area contributed by atoms with Crippen LogP contribution in [0.1, 0.15) is 22.3 Å². The van der Waals surface area contributed by atoms with Gasteiger partial charge < -0.3 is 10.1 Å². The van der Waals surface area contributed by atoms with Crippen LogP contribution in [0.25, 0.3) is 0 Å². The van der Waals surface area contributed by atoms with E-state index in [0.717, 1.165) is 11.1 Å². The van der Waals surface area contributed by atoms with Crippen molar-refractivity contribution in [2.45, 2.75) is 33.0 Å². The van der Waals surface area contributed by atoms with Gasteiger partial charge in [-0.3, -0.25) is 15.0 Å². The van der Waals surface area contributed by atoms with Crippen LogP contribution in [0.5, 0.6) is 0 Å². The first-order valence-corrected chi connectivity index (χ1v) is 9.03. The molecule has 2 N–H and O–H groups in total. The predicted octanol–water partition coefficient (Wildman–Crippen LogP) is 2.49. The van der Waals surface area contributed by atoms with E-state index in [-0.39, 0.29) is 19.2 Å². The third-order valence-corrected chi connectivity index (χ3v) is 4.43. The number of imide groups is 1. The fourth-order valence-corrected chi connectivity index (χ4v) is 3.19. The van der Waals surface area contributed by atoms with E-state index < -0.39 is 12.1 Å². The number of urea groups is 1. The monoisotopic (exact) mass is 367 g/mol. The zero-order valence-corrected chi connectivity index (χ0v) is 15.7. The molecule has 1 unspecified atom stereocenters. The second kappa shape index (κ2) is 8.79. The average molecular weight is 367 g/mol. The van der Waals surface area contributed by atoms with Gasteiger partial charge in [0.25, 0.3) is 0 Å². The van der Waals surface area contributed by atoms with E-state index in [4.69, 9.17) is 4.74 Å². The van der Waals surface area contributed by atoms with Crippen molar-refractivity contribution in [3.8, 4) is 0 Å². The number of carbonyl (C=O) groups excluding carboxylic acids is 2. The standard InChI is InChI=1S/C21H25N3O3/c1-15-8-16(2)10-18(9-15)13-27-14-24-12-19(20(25)23-21(24)26)22-11-17-6-4-3-5-7-17/h3-10,19,22H,11-14H2,1-2H3,(H,23,25,26). The zero-order valence-electron chi connectivity index (χ0n) is 15.7. The summed E-state index contributed by atoms with van der Waals surface area (Å²) in [5, 5.41) is 5.59. The highest BCUT2D eigenvalue weighted by Gasteiger charge is 2.31. The molecule has 0 spiro atoms. The summed E-state index contributed by atoms with van der Waals surface area (Å²) in [5.74, 6) is -0.304. The second-order valence-corrected chi connectivity index (χ2v) is 6.91. The van der Waals surface area contributed by atoms with Crippen molar-refractivity contribution in [3.63, 3.8) is 0 Å². The Kier molecular flexibility index (Phi) is 6.21. The first-order chi connectivity index (χ1) is 13.0. The Labute approximate surface area is 159 Å². The smallest absolute Gasteiger partial charge is 0.325 e. The number of nitrogens with one attached hydrogen (secondary N) is 2. The third-order valence-electron chi connectivity index (χ3n) is 4.43. The molecule has 1 aliphatic heterocycles. The molecule has 27 heavy (non-hydrogen) atoms. The van der Waals surface area contributed by atoms with E-state index in [0.29, 0.717) is 13.2 Å². The molecular weight excluding hydrogens is 342 g/mol. The lowest BCUT2D eigenvalue weighted by atomic mass is 10.1. The minimum absolute atomic E-state index is 0.135. The molecule has 0 saturated carbocycles. The van der Waals surface area contributed by atoms with Crippen LogP contribution in [-0.2, 0) is 22.7 Å². The van der Waals surface area contributed by atoms with Gasteiger partial charge in [-0.05, 0) is 25.0 Å². The number of benzene rings is 2. The van der Waals surface area contributed by atoms with Crippen LogP contribution in [0.15, 0.2) is 48.5 Å². The number of ether oxygens (including phenoxy) is 1. The van der Waals surface area contributed by atoms with Gasteiger partial charge in [-0.15, -0.1) is 0 Å². The van der Waals surface area contributed by atoms with Crippen molar-refractivity contribution in [3.05, 3.63) is 70.8 Å². The predicted molar refractivity (Wildman–Crippen MR) is 103 cm³/mol. The second-order valence-electron chi connectivity index (χ2n) is 6.91. The van der Waals surface area contributed by atoms with Crippen molar-refractivity contribution in [1.82, 2.24) is 15.5 Å². The molecule has 0 aliphatic carbocycles. The summed E-state index contributed by atoms with van der Waals surface area (Å²) in [6.07, 6.45) is 0. The van der Waals surface area contributed by atoms with Crippen LogP contribution in [0, 0.1) is 13.8 Å². The van der Waals surface area contributed by atoms with Gasteiger partial charge in [-0.25, -0.2) is 4.79 Å². The number of aryl methyl sites for hydroxylation is 2. The van der Waals surface area contributed by atoms with E-state index in [1.54, 1.807) is 0 Å². The minimum atomic E-state index is -0.465. The molecule has 142 valence electrons. The van der Waals surface area contributed by atoms with Crippen LogP contribution < -0.4 is 10.6 Å². The Hall–Kier alpha value is -2.70. The maximum Gasteiger partial charge on any atom is 0.325 e. The molecule has 6 nitrogen and oxygen atoms in total. The molecule has 1 heterocycles. The van der Waals surface area contributed by atoms with Crippen LogP contribution in [0.3, 0.4) is 0 Å². The van der Waals surface area contributed by atoms with Crippen molar-refractivity contribution >= 4 is 11.9 Å². The van der Waals surface area contributed by atoms with E-state index in [2.05, 4.69) is 28.8 Å². The molecule has 1 atom stereocenters. The van der Waals surface area contributed by atoms with Gasteiger partial charge in [0.2, 0.25) is 5.91 Å². The number of carbonyl (C=O) groups is 2. The van der Waals surface area contributed by atoms with Crippen LogP contribution in [-0.4, -0.2) is 36.2 Å². The van der Waals surface area contributed by atoms with Crippen LogP contribution in [0.2, 0.25) is 0 Å². The van der Waals surface area contributed by atoms with Gasteiger partial charge in [0, 0.05) is 13.1 Å². The molecule has 3 rings (SSSR count). The van der Waals surface area contributed by atoms with Gasteiger partial charge in [0.05, 0.1) is 6.61 Å². The minimum Gasteiger partial charge on any atom is -0.356 e. The molecule has 3 amide bonds. The summed E-state index contributed by atoms with van der Waals surface area (Å²) in [4.78, 5) is 25.6. The van der Waals surface area contributed by atoms with E-state index in [1.807, 2.05) is 44.2 Å². The Morgan fingerprint density at radius 2 is 1.78 bits per heavy atom. The topological polar surface area (TPSA) is 70.7 Å². The molecular formula is C21H25N3O3. The number of rotatable bonds is 7. The number of nitrogens with zero attached hydrogens (tertiary/aromatic N) is 1. The van der Waals surface area contributed by atoms with E-state index in [9.17, 15) is 9.59 Å². The highest BCUT2D eigenvalue weighted by Crippen LogP contribution is 2.11. The quantitative estimate of drug-likeness (QED) is 0.789. The van der Waals surface area contributed by atoms with Gasteiger partial charge in [0.15, 0.2) is 0 Å². The lowest BCUT2D eigenvalue weighted by molar-refractivity contribution is -0.124. The Bertz CT molecular complexity index is 787. The fourth-order valence-electron chi connectivity index (χ4n) is 3.19. The van der Waals surface area contributed by atoms with Crippen molar-refractivity contribution < 1.29 is 14.3 Å². The maximum absolute atomic E-state index is 12.1. The number of hydrogen-bond donors (Lipinski definition) is 2. The molecule has 2 aromatic carbocycles. The average Bonchev–Trinajstić information content (AvgIpc) is 2.62. The van der Waals surface area contributed by atoms with Crippen molar-refractivity contribution in [2.24, 2.45) is 0 Å². The molecule has 1 fully saturated rings. The largest absolute Gasteiger partial charge is 0.356 e. The zero-order chi connectivity index (χ0) is 19.2. The number of amides is 3. The summed E-state index contributed by atoms with van der Waals surface area (Å²) in [6.45, 7) is 5.49. The van der Waals surface area contributed by atoms with Gasteiger partial charge in [0.1, 0.15) is 12.8 Å². The summed E-state index contributed by atoms with van der Waals surface area (Å²) in [7, 11) is 0. The lowest BCUT2D eigenvalue weighted by Crippen LogP contribution is -2.61. The highest BCUT2D eigenvalue weighted by molar-refractivity contribution is 5.99. The summed E-state index contributed by atoms with van der Waals surface area (Å²) < 4.78 is 5.71. The Morgan fingerprint density at radius 3 is 2.48 bits per heavy atom. The van der Waals surface area contributed by atoms with E-state index in [1.165, 1.54) is 16.0 Å². The van der Waals surface area contributed by atoms with Gasteiger partial charge >= 0.3 is 6.03 Å². The van der Waals surface area contributed by atoms with Crippen LogP contribution >= 0.6 is 0 Å². The summed E-state index contributed by atoms with van der Waals surface area (Å²) in [5.41, 5.74) is 4.51. The Balaban J connectivity index is 1.52. The first-order valence-electron chi connectivity index (χ1n) is 9.03. The highest BCUT2D eigenvalue weighted by atomic mass is 16.5. The molecule has 2 aromatic rings. The first kappa shape index (κ1) is 19.1. The van der Waals surface area contributed by atoms with Crippen LogP contribution in [0.4, 0.5) is 4.79 Å². The molecule has 1 aliphatic rings. The molecule has 1 saturated heterocycles.